The summed E-state index contributed by atoms with van der Waals surface area (Å²) in [6.07, 6.45) is 0.796. The van der Waals surface area contributed by atoms with Gasteiger partial charge in [0.15, 0.2) is 0 Å². The van der Waals surface area contributed by atoms with Crippen molar-refractivity contribution in [2.75, 3.05) is 0 Å². The van der Waals surface area contributed by atoms with Crippen LogP contribution in [0, 0.1) is 13.8 Å². The largest absolute Gasteiger partial charge is 0.508 e. The molecular weight excluding hydrogens is 272 g/mol. The number of rotatable bonds is 4. The Kier molecular flexibility index (Phi) is 4.01. The fraction of sp³-hybridized carbons (Fsp3) is 0.200. The molecule has 0 saturated carbocycles. The third-order valence-corrected chi connectivity index (χ3v) is 3.95. The minimum absolute atomic E-state index is 0.0102. The Morgan fingerprint density at radius 1 is 0.955 bits per heavy atom. The van der Waals surface area contributed by atoms with Crippen molar-refractivity contribution in [3.05, 3.63) is 88.9 Å². The fourth-order valence-electron chi connectivity index (χ4n) is 2.81. The molecule has 1 aromatic heterocycles. The molecule has 0 unspecified atom stereocenters. The number of hydrogen-bond acceptors (Lipinski definition) is 2. The van der Waals surface area contributed by atoms with Gasteiger partial charge in [-0.1, -0.05) is 48.0 Å². The van der Waals surface area contributed by atoms with Crippen molar-refractivity contribution in [3.63, 3.8) is 0 Å². The molecule has 2 aromatic carbocycles. The van der Waals surface area contributed by atoms with Crippen LogP contribution in [0.4, 0.5) is 0 Å². The molecular formula is C20H20O2. The van der Waals surface area contributed by atoms with Crippen LogP contribution in [0.3, 0.4) is 0 Å². The predicted octanol–water partition coefficient (Wildman–Crippen LogP) is 4.98. The van der Waals surface area contributed by atoms with Gasteiger partial charge in [-0.2, -0.15) is 0 Å². The van der Waals surface area contributed by atoms with Gasteiger partial charge in [0.25, 0.3) is 0 Å². The average molecular weight is 292 g/mol. The number of phenols is 1. The van der Waals surface area contributed by atoms with E-state index in [4.69, 9.17) is 4.42 Å². The standard InChI is InChI=1S/C20H20O2/c1-14-8-10-19(21)17(12-14)18(20-11-9-15(2)22-20)13-16-6-4-3-5-7-16/h3-12,18,21H,13H2,1-2H3/t18-/m1/s1. The number of phenolic OH excluding ortho intramolecular Hbond substituents is 1. The Morgan fingerprint density at radius 3 is 2.41 bits per heavy atom. The lowest BCUT2D eigenvalue weighted by molar-refractivity contribution is 0.437. The zero-order valence-electron chi connectivity index (χ0n) is 12.9. The van der Waals surface area contributed by atoms with Crippen LogP contribution in [-0.2, 0) is 6.42 Å². The van der Waals surface area contributed by atoms with E-state index in [1.807, 2.05) is 56.3 Å². The van der Waals surface area contributed by atoms with E-state index in [1.54, 1.807) is 6.07 Å². The first-order valence-corrected chi connectivity index (χ1v) is 7.53. The van der Waals surface area contributed by atoms with E-state index >= 15 is 0 Å². The quantitative estimate of drug-likeness (QED) is 0.736. The van der Waals surface area contributed by atoms with E-state index in [1.165, 1.54) is 5.56 Å². The Bertz CT molecular complexity index is 756. The molecule has 112 valence electrons. The van der Waals surface area contributed by atoms with Crippen LogP contribution in [0.5, 0.6) is 5.75 Å². The molecule has 1 N–H and O–H groups in total. The number of aromatic hydroxyl groups is 1. The van der Waals surface area contributed by atoms with E-state index in [0.29, 0.717) is 5.75 Å². The van der Waals surface area contributed by atoms with Crippen LogP contribution >= 0.6 is 0 Å². The van der Waals surface area contributed by atoms with Gasteiger partial charge in [-0.3, -0.25) is 0 Å². The molecule has 0 aliphatic rings. The van der Waals surface area contributed by atoms with Gasteiger partial charge in [-0.15, -0.1) is 0 Å². The summed E-state index contributed by atoms with van der Waals surface area (Å²) < 4.78 is 5.86. The van der Waals surface area contributed by atoms with E-state index < -0.39 is 0 Å². The summed E-state index contributed by atoms with van der Waals surface area (Å²) in [5, 5.41) is 10.3. The van der Waals surface area contributed by atoms with Gasteiger partial charge in [-0.25, -0.2) is 0 Å². The van der Waals surface area contributed by atoms with E-state index in [-0.39, 0.29) is 5.92 Å². The second kappa shape index (κ2) is 6.10. The molecule has 22 heavy (non-hydrogen) atoms. The van der Waals surface area contributed by atoms with Gasteiger partial charge in [0, 0.05) is 11.5 Å². The van der Waals surface area contributed by atoms with Crippen LogP contribution in [0.15, 0.2) is 65.1 Å². The number of furan rings is 1. The van der Waals surface area contributed by atoms with Crippen LogP contribution in [-0.4, -0.2) is 5.11 Å². The first kappa shape index (κ1) is 14.5. The third kappa shape index (κ3) is 3.06. The maximum atomic E-state index is 10.3. The molecule has 3 rings (SSSR count). The lowest BCUT2D eigenvalue weighted by Gasteiger charge is -2.17. The number of benzene rings is 2. The lowest BCUT2D eigenvalue weighted by Crippen LogP contribution is -2.05. The highest BCUT2D eigenvalue weighted by Gasteiger charge is 2.21. The predicted molar refractivity (Wildman–Crippen MR) is 88.3 cm³/mol. The molecule has 0 amide bonds. The molecule has 3 aromatic rings. The van der Waals surface area contributed by atoms with Crippen molar-refractivity contribution in [2.45, 2.75) is 26.2 Å². The molecule has 0 aliphatic heterocycles. The summed E-state index contributed by atoms with van der Waals surface area (Å²) in [5.41, 5.74) is 3.27. The Balaban J connectivity index is 2.04. The maximum absolute atomic E-state index is 10.3. The lowest BCUT2D eigenvalue weighted by atomic mass is 9.88. The van der Waals surface area contributed by atoms with E-state index in [0.717, 1.165) is 29.1 Å². The Morgan fingerprint density at radius 2 is 1.73 bits per heavy atom. The number of aryl methyl sites for hydroxylation is 2. The summed E-state index contributed by atoms with van der Waals surface area (Å²) in [6, 6.07) is 20.0. The molecule has 0 saturated heterocycles. The second-order valence-electron chi connectivity index (χ2n) is 5.75. The monoisotopic (exact) mass is 292 g/mol. The highest BCUT2D eigenvalue weighted by atomic mass is 16.3. The molecule has 0 bridgehead atoms. The van der Waals surface area contributed by atoms with Crippen LogP contribution in [0.1, 0.15) is 34.1 Å². The third-order valence-electron chi connectivity index (χ3n) is 3.95. The Hall–Kier alpha value is -2.48. The SMILES string of the molecule is Cc1ccc(O)c([C@@H](Cc2ccccc2)c2ccc(C)o2)c1. The first-order chi connectivity index (χ1) is 10.6. The molecule has 0 radical (unpaired) electrons. The van der Waals surface area contributed by atoms with Gasteiger partial charge in [0.1, 0.15) is 17.3 Å². The highest BCUT2D eigenvalue weighted by Crippen LogP contribution is 2.35. The van der Waals surface area contributed by atoms with Gasteiger partial charge >= 0.3 is 0 Å². The molecule has 0 fully saturated rings. The highest BCUT2D eigenvalue weighted by molar-refractivity contribution is 5.43. The van der Waals surface area contributed by atoms with Crippen molar-refractivity contribution in [1.82, 2.24) is 0 Å². The van der Waals surface area contributed by atoms with Gasteiger partial charge in [-0.05, 0) is 44.0 Å². The van der Waals surface area contributed by atoms with Crippen LogP contribution < -0.4 is 0 Å². The van der Waals surface area contributed by atoms with Crippen molar-refractivity contribution < 1.29 is 9.52 Å². The van der Waals surface area contributed by atoms with Crippen molar-refractivity contribution in [2.24, 2.45) is 0 Å². The molecule has 2 heteroatoms. The molecule has 1 heterocycles. The molecule has 2 nitrogen and oxygen atoms in total. The normalized spacial score (nSPS) is 12.3. The van der Waals surface area contributed by atoms with Crippen LogP contribution in [0.2, 0.25) is 0 Å². The number of hydrogen-bond donors (Lipinski definition) is 1. The summed E-state index contributed by atoms with van der Waals surface area (Å²) in [7, 11) is 0. The minimum Gasteiger partial charge on any atom is -0.508 e. The average Bonchev–Trinajstić information content (AvgIpc) is 2.95. The summed E-state index contributed by atoms with van der Waals surface area (Å²) in [4.78, 5) is 0. The van der Waals surface area contributed by atoms with Gasteiger partial charge in [0.05, 0.1) is 0 Å². The first-order valence-electron chi connectivity index (χ1n) is 7.53. The topological polar surface area (TPSA) is 33.4 Å². The van der Waals surface area contributed by atoms with Gasteiger partial charge in [0.2, 0.25) is 0 Å². The van der Waals surface area contributed by atoms with E-state index in [9.17, 15) is 5.11 Å². The van der Waals surface area contributed by atoms with Gasteiger partial charge < -0.3 is 9.52 Å². The maximum Gasteiger partial charge on any atom is 0.119 e. The second-order valence-corrected chi connectivity index (χ2v) is 5.75. The van der Waals surface area contributed by atoms with Crippen molar-refractivity contribution in [3.8, 4) is 5.75 Å². The van der Waals surface area contributed by atoms with Crippen LogP contribution in [0.25, 0.3) is 0 Å². The summed E-state index contributed by atoms with van der Waals surface area (Å²) in [6.45, 7) is 3.98. The minimum atomic E-state index is 0.0102. The molecule has 0 spiro atoms. The zero-order chi connectivity index (χ0) is 15.5. The Labute approximate surface area is 131 Å². The zero-order valence-corrected chi connectivity index (χ0v) is 12.9. The van der Waals surface area contributed by atoms with Crippen molar-refractivity contribution in [1.29, 1.82) is 0 Å². The smallest absolute Gasteiger partial charge is 0.119 e. The molecule has 0 aliphatic carbocycles. The van der Waals surface area contributed by atoms with E-state index in [2.05, 4.69) is 12.1 Å². The fourth-order valence-corrected chi connectivity index (χ4v) is 2.81. The summed E-state index contributed by atoms with van der Waals surface area (Å²) in [5.74, 6) is 2.11. The summed E-state index contributed by atoms with van der Waals surface area (Å²) >= 11 is 0. The van der Waals surface area contributed by atoms with Crippen molar-refractivity contribution >= 4 is 0 Å². The molecule has 1 atom stereocenters.